The Kier molecular flexibility index (Phi) is 6.80. The second kappa shape index (κ2) is 10.1. The van der Waals surface area contributed by atoms with E-state index >= 15 is 0 Å². The van der Waals surface area contributed by atoms with Crippen LogP contribution in [0.4, 0.5) is 5.82 Å². The first-order chi connectivity index (χ1) is 16.1. The van der Waals surface area contributed by atoms with Gasteiger partial charge in [-0.15, -0.1) is 11.3 Å². The van der Waals surface area contributed by atoms with Crippen LogP contribution in [0, 0.1) is 6.92 Å². The number of anilines is 1. The largest absolute Gasteiger partial charge is 0.493 e. The SMILES string of the molecule is COc1ccc(-c2nc(C)c(C(=O)Nc3ncccc3OCc3ccncc3)s2)cc1OC. The highest BCUT2D eigenvalue weighted by molar-refractivity contribution is 7.17. The fourth-order valence-corrected chi connectivity index (χ4v) is 4.06. The molecule has 1 aromatic carbocycles. The summed E-state index contributed by atoms with van der Waals surface area (Å²) >= 11 is 1.29. The number of nitrogens with zero attached hydrogens (tertiary/aromatic N) is 3. The Labute approximate surface area is 195 Å². The van der Waals surface area contributed by atoms with Crippen LogP contribution in [0.2, 0.25) is 0 Å². The number of methoxy groups -OCH3 is 2. The summed E-state index contributed by atoms with van der Waals surface area (Å²) in [5, 5.41) is 3.55. The van der Waals surface area contributed by atoms with E-state index in [9.17, 15) is 4.79 Å². The van der Waals surface area contributed by atoms with Crippen molar-refractivity contribution in [2.45, 2.75) is 13.5 Å². The number of nitrogens with one attached hydrogen (secondary N) is 1. The van der Waals surface area contributed by atoms with Crippen LogP contribution in [0.15, 0.2) is 61.1 Å². The molecule has 1 N–H and O–H groups in total. The summed E-state index contributed by atoms with van der Waals surface area (Å²) in [6.45, 7) is 2.13. The molecule has 0 aliphatic heterocycles. The Balaban J connectivity index is 1.53. The van der Waals surface area contributed by atoms with E-state index in [4.69, 9.17) is 14.2 Å². The average molecular weight is 463 g/mol. The van der Waals surface area contributed by atoms with Crippen molar-refractivity contribution in [1.29, 1.82) is 0 Å². The summed E-state index contributed by atoms with van der Waals surface area (Å²) in [7, 11) is 3.16. The molecule has 0 saturated carbocycles. The van der Waals surface area contributed by atoms with Gasteiger partial charge in [0.05, 0.1) is 19.9 Å². The Hall–Kier alpha value is -3.98. The van der Waals surface area contributed by atoms with Crippen molar-refractivity contribution in [3.05, 3.63) is 77.2 Å². The van der Waals surface area contributed by atoms with Crippen LogP contribution in [-0.4, -0.2) is 35.1 Å². The zero-order chi connectivity index (χ0) is 23.2. The Bertz CT molecular complexity index is 1260. The third-order valence-corrected chi connectivity index (χ3v) is 5.98. The van der Waals surface area contributed by atoms with Gasteiger partial charge in [-0.3, -0.25) is 9.78 Å². The molecule has 0 saturated heterocycles. The summed E-state index contributed by atoms with van der Waals surface area (Å²) in [6, 6.07) is 12.8. The summed E-state index contributed by atoms with van der Waals surface area (Å²) in [5.74, 6) is 1.74. The number of carbonyl (C=O) groups is 1. The molecule has 3 aromatic heterocycles. The number of aryl methyl sites for hydroxylation is 1. The maximum absolute atomic E-state index is 13.0. The van der Waals surface area contributed by atoms with E-state index in [0.717, 1.165) is 11.1 Å². The van der Waals surface area contributed by atoms with Crippen LogP contribution in [-0.2, 0) is 6.61 Å². The summed E-state index contributed by atoms with van der Waals surface area (Å²) in [5.41, 5.74) is 2.42. The second-order valence-corrected chi connectivity index (χ2v) is 7.95. The van der Waals surface area contributed by atoms with Gasteiger partial charge in [-0.25, -0.2) is 9.97 Å². The van der Waals surface area contributed by atoms with Gasteiger partial charge in [0, 0.05) is 24.2 Å². The molecule has 4 aromatic rings. The molecule has 3 heterocycles. The monoisotopic (exact) mass is 462 g/mol. The molecule has 8 nitrogen and oxygen atoms in total. The van der Waals surface area contributed by atoms with E-state index < -0.39 is 0 Å². The minimum absolute atomic E-state index is 0.302. The number of benzene rings is 1. The van der Waals surface area contributed by atoms with Gasteiger partial charge in [0.15, 0.2) is 23.1 Å². The molecule has 1 amide bonds. The maximum atomic E-state index is 13.0. The van der Waals surface area contributed by atoms with Crippen molar-refractivity contribution in [2.24, 2.45) is 0 Å². The van der Waals surface area contributed by atoms with E-state index in [2.05, 4.69) is 20.3 Å². The van der Waals surface area contributed by atoms with Gasteiger partial charge in [0.1, 0.15) is 16.5 Å². The van der Waals surface area contributed by atoms with Crippen LogP contribution >= 0.6 is 11.3 Å². The summed E-state index contributed by atoms with van der Waals surface area (Å²) in [4.78, 5) is 26.4. The molecule has 0 aliphatic carbocycles. The van der Waals surface area contributed by atoms with Gasteiger partial charge < -0.3 is 19.5 Å². The van der Waals surface area contributed by atoms with Gasteiger partial charge in [0.25, 0.3) is 5.91 Å². The van der Waals surface area contributed by atoms with Crippen molar-refractivity contribution in [1.82, 2.24) is 15.0 Å². The number of aromatic nitrogens is 3. The molecule has 0 spiro atoms. The normalized spacial score (nSPS) is 10.5. The van der Waals surface area contributed by atoms with Crippen molar-refractivity contribution in [2.75, 3.05) is 19.5 Å². The lowest BCUT2D eigenvalue weighted by Crippen LogP contribution is -2.13. The third-order valence-electron chi connectivity index (χ3n) is 4.78. The number of thiazole rings is 1. The maximum Gasteiger partial charge on any atom is 0.268 e. The molecule has 0 radical (unpaired) electrons. The Morgan fingerprint density at radius 1 is 1.00 bits per heavy atom. The summed E-state index contributed by atoms with van der Waals surface area (Å²) < 4.78 is 16.5. The number of hydrogen-bond acceptors (Lipinski definition) is 8. The molecule has 33 heavy (non-hydrogen) atoms. The summed E-state index contributed by atoms with van der Waals surface area (Å²) in [6.07, 6.45) is 5.00. The van der Waals surface area contributed by atoms with Crippen molar-refractivity contribution >= 4 is 23.1 Å². The number of carbonyl (C=O) groups excluding carboxylic acids is 1. The lowest BCUT2D eigenvalue weighted by molar-refractivity contribution is 0.102. The van der Waals surface area contributed by atoms with Crippen LogP contribution in [0.3, 0.4) is 0 Å². The fourth-order valence-electron chi connectivity index (χ4n) is 3.11. The van der Waals surface area contributed by atoms with Gasteiger partial charge in [-0.1, -0.05) is 0 Å². The predicted octanol–water partition coefficient (Wildman–Crippen LogP) is 4.76. The quantitative estimate of drug-likeness (QED) is 0.403. The fraction of sp³-hybridized carbons (Fsp3) is 0.167. The third kappa shape index (κ3) is 5.09. The highest BCUT2D eigenvalue weighted by Gasteiger charge is 2.19. The average Bonchev–Trinajstić information content (AvgIpc) is 3.25. The topological polar surface area (TPSA) is 95.5 Å². The van der Waals surface area contributed by atoms with Gasteiger partial charge in [-0.2, -0.15) is 0 Å². The van der Waals surface area contributed by atoms with Gasteiger partial charge in [-0.05, 0) is 55.0 Å². The number of ether oxygens (including phenoxy) is 3. The Morgan fingerprint density at radius 2 is 1.79 bits per heavy atom. The number of rotatable bonds is 8. The molecule has 0 atom stereocenters. The predicted molar refractivity (Wildman–Crippen MR) is 126 cm³/mol. The van der Waals surface area contributed by atoms with E-state index in [0.29, 0.717) is 45.3 Å². The highest BCUT2D eigenvalue weighted by Crippen LogP contribution is 2.35. The minimum Gasteiger partial charge on any atom is -0.493 e. The van der Waals surface area contributed by atoms with Crippen LogP contribution in [0.25, 0.3) is 10.6 Å². The molecule has 168 valence electrons. The molecular weight excluding hydrogens is 440 g/mol. The standard InChI is InChI=1S/C24H22N4O4S/c1-15-21(33-24(27-15)17-6-7-18(30-2)20(13-17)31-3)23(29)28-22-19(5-4-10-26-22)32-14-16-8-11-25-12-9-16/h4-13H,14H2,1-3H3,(H,26,28,29). The van der Waals surface area contributed by atoms with E-state index in [1.807, 2.05) is 30.3 Å². The smallest absolute Gasteiger partial charge is 0.268 e. The van der Waals surface area contributed by atoms with Gasteiger partial charge >= 0.3 is 0 Å². The minimum atomic E-state index is -0.302. The first kappa shape index (κ1) is 22.2. The number of amides is 1. The van der Waals surface area contributed by atoms with E-state index in [-0.39, 0.29) is 5.91 Å². The number of pyridine rings is 2. The van der Waals surface area contributed by atoms with Crippen LogP contribution in [0.5, 0.6) is 17.2 Å². The Morgan fingerprint density at radius 3 is 2.55 bits per heavy atom. The second-order valence-electron chi connectivity index (χ2n) is 6.95. The first-order valence-electron chi connectivity index (χ1n) is 10.1. The molecule has 0 fully saturated rings. The molecule has 0 unspecified atom stereocenters. The zero-order valence-electron chi connectivity index (χ0n) is 18.4. The van der Waals surface area contributed by atoms with Crippen molar-refractivity contribution in [3.8, 4) is 27.8 Å². The van der Waals surface area contributed by atoms with E-state index in [1.54, 1.807) is 51.9 Å². The van der Waals surface area contributed by atoms with Gasteiger partial charge in [0.2, 0.25) is 0 Å². The lowest BCUT2D eigenvalue weighted by Gasteiger charge is -2.11. The van der Waals surface area contributed by atoms with Crippen LogP contribution < -0.4 is 19.5 Å². The van der Waals surface area contributed by atoms with Crippen molar-refractivity contribution < 1.29 is 19.0 Å². The zero-order valence-corrected chi connectivity index (χ0v) is 19.2. The molecule has 4 rings (SSSR count). The van der Waals surface area contributed by atoms with Crippen molar-refractivity contribution in [3.63, 3.8) is 0 Å². The molecular formula is C24H22N4O4S. The molecule has 0 aliphatic rings. The van der Waals surface area contributed by atoms with Crippen LogP contribution in [0.1, 0.15) is 20.9 Å². The number of hydrogen-bond donors (Lipinski definition) is 1. The highest BCUT2D eigenvalue weighted by atomic mass is 32.1. The molecule has 0 bridgehead atoms. The molecule has 9 heteroatoms. The van der Waals surface area contributed by atoms with E-state index in [1.165, 1.54) is 11.3 Å². The lowest BCUT2D eigenvalue weighted by atomic mass is 10.2. The first-order valence-corrected chi connectivity index (χ1v) is 10.9.